The van der Waals surface area contributed by atoms with Gasteiger partial charge in [0.15, 0.2) is 0 Å². The Kier molecular flexibility index (Phi) is 4.07. The Labute approximate surface area is 102 Å². The highest BCUT2D eigenvalue weighted by Gasteiger charge is 2.44. The molecule has 17 heavy (non-hydrogen) atoms. The van der Waals surface area contributed by atoms with E-state index in [4.69, 9.17) is 0 Å². The van der Waals surface area contributed by atoms with Crippen LogP contribution < -0.4 is 5.32 Å². The van der Waals surface area contributed by atoms with Crippen molar-refractivity contribution in [2.45, 2.75) is 19.4 Å². The molecular formula is C12H19N3O2. The van der Waals surface area contributed by atoms with Crippen molar-refractivity contribution >= 4 is 11.9 Å². The third kappa shape index (κ3) is 2.94. The van der Waals surface area contributed by atoms with Crippen LogP contribution in [0.1, 0.15) is 13.8 Å². The summed E-state index contributed by atoms with van der Waals surface area (Å²) >= 11 is 0. The Hall–Kier alpha value is -1.62. The largest absolute Gasteiger partial charge is 0.326 e. The fourth-order valence-corrected chi connectivity index (χ4v) is 1.70. The molecule has 0 aromatic carbocycles. The van der Waals surface area contributed by atoms with Crippen LogP contribution in [-0.2, 0) is 4.79 Å². The molecule has 1 N–H and O–H groups in total. The highest BCUT2D eigenvalue weighted by molar-refractivity contribution is 6.06. The van der Waals surface area contributed by atoms with Gasteiger partial charge in [0, 0.05) is 13.1 Å². The van der Waals surface area contributed by atoms with E-state index in [1.54, 1.807) is 26.0 Å². The standard InChI is InChI=1S/C12H19N3O2/c1-5-7-14(8-6-2)9-15-10(16)12(3,4)13-11(15)17/h5-6H,1-2,7-9H2,3-4H3,(H,13,17). The predicted octanol–water partition coefficient (Wildman–Crippen LogP) is 0.948. The molecule has 0 spiro atoms. The van der Waals surface area contributed by atoms with Gasteiger partial charge >= 0.3 is 6.03 Å². The number of nitrogens with one attached hydrogen (secondary N) is 1. The fourth-order valence-electron chi connectivity index (χ4n) is 1.70. The topological polar surface area (TPSA) is 52.6 Å². The van der Waals surface area contributed by atoms with E-state index in [0.29, 0.717) is 13.1 Å². The van der Waals surface area contributed by atoms with Crippen molar-refractivity contribution < 1.29 is 9.59 Å². The van der Waals surface area contributed by atoms with Gasteiger partial charge in [0.05, 0.1) is 6.67 Å². The lowest BCUT2D eigenvalue weighted by atomic mass is 10.1. The molecule has 0 aromatic heterocycles. The van der Waals surface area contributed by atoms with E-state index in [-0.39, 0.29) is 18.6 Å². The number of imide groups is 1. The molecule has 1 aliphatic rings. The minimum atomic E-state index is -0.814. The molecular weight excluding hydrogens is 218 g/mol. The molecule has 0 atom stereocenters. The normalized spacial score (nSPS) is 18.4. The Balaban J connectivity index is 2.72. The number of amides is 3. The van der Waals surface area contributed by atoms with Gasteiger partial charge in [-0.1, -0.05) is 12.2 Å². The number of urea groups is 1. The Morgan fingerprint density at radius 1 is 1.29 bits per heavy atom. The molecule has 0 aromatic rings. The van der Waals surface area contributed by atoms with Crippen LogP contribution in [0.3, 0.4) is 0 Å². The minimum Gasteiger partial charge on any atom is -0.324 e. The highest BCUT2D eigenvalue weighted by atomic mass is 16.2. The van der Waals surface area contributed by atoms with Gasteiger partial charge in [-0.2, -0.15) is 0 Å². The lowest BCUT2D eigenvalue weighted by Gasteiger charge is -2.24. The molecule has 1 aliphatic heterocycles. The molecule has 1 heterocycles. The molecule has 3 amide bonds. The van der Waals surface area contributed by atoms with E-state index in [9.17, 15) is 9.59 Å². The zero-order valence-electron chi connectivity index (χ0n) is 10.4. The predicted molar refractivity (Wildman–Crippen MR) is 66.3 cm³/mol. The van der Waals surface area contributed by atoms with Gasteiger partial charge in [0.2, 0.25) is 0 Å². The minimum absolute atomic E-state index is 0.208. The van der Waals surface area contributed by atoms with Crippen molar-refractivity contribution in [2.24, 2.45) is 0 Å². The van der Waals surface area contributed by atoms with Crippen molar-refractivity contribution in [1.82, 2.24) is 15.1 Å². The van der Waals surface area contributed by atoms with E-state index >= 15 is 0 Å². The van der Waals surface area contributed by atoms with Crippen molar-refractivity contribution in [2.75, 3.05) is 19.8 Å². The summed E-state index contributed by atoms with van der Waals surface area (Å²) < 4.78 is 0. The molecule has 0 bridgehead atoms. The summed E-state index contributed by atoms with van der Waals surface area (Å²) in [5.41, 5.74) is -0.814. The van der Waals surface area contributed by atoms with Gasteiger partial charge in [-0.25, -0.2) is 9.69 Å². The van der Waals surface area contributed by atoms with Crippen LogP contribution in [0.2, 0.25) is 0 Å². The van der Waals surface area contributed by atoms with Crippen LogP contribution in [0.5, 0.6) is 0 Å². The third-order valence-electron chi connectivity index (χ3n) is 2.56. The Bertz CT molecular complexity index is 340. The van der Waals surface area contributed by atoms with Crippen LogP contribution in [-0.4, -0.2) is 47.0 Å². The maximum absolute atomic E-state index is 11.9. The van der Waals surface area contributed by atoms with Gasteiger partial charge in [0.25, 0.3) is 5.91 Å². The number of carbonyl (C=O) groups is 2. The first-order valence-corrected chi connectivity index (χ1v) is 5.50. The van der Waals surface area contributed by atoms with E-state index < -0.39 is 5.54 Å². The molecule has 5 heteroatoms. The summed E-state index contributed by atoms with van der Waals surface area (Å²) in [5, 5.41) is 2.64. The highest BCUT2D eigenvalue weighted by Crippen LogP contribution is 2.16. The second-order valence-corrected chi connectivity index (χ2v) is 4.54. The summed E-state index contributed by atoms with van der Waals surface area (Å²) in [7, 11) is 0. The number of nitrogens with zero attached hydrogens (tertiary/aromatic N) is 2. The van der Waals surface area contributed by atoms with Crippen LogP contribution in [0, 0.1) is 0 Å². The van der Waals surface area contributed by atoms with Crippen LogP contribution in [0.15, 0.2) is 25.3 Å². The molecule has 0 saturated carbocycles. The van der Waals surface area contributed by atoms with Gasteiger partial charge in [0.1, 0.15) is 5.54 Å². The molecule has 94 valence electrons. The van der Waals surface area contributed by atoms with Crippen LogP contribution in [0.4, 0.5) is 4.79 Å². The Morgan fingerprint density at radius 3 is 2.18 bits per heavy atom. The molecule has 0 unspecified atom stereocenters. The SMILES string of the molecule is C=CCN(CC=C)CN1C(=O)NC(C)(C)C1=O. The zero-order chi connectivity index (χ0) is 13.1. The molecule has 0 radical (unpaired) electrons. The number of hydrogen-bond acceptors (Lipinski definition) is 3. The number of carbonyl (C=O) groups excluding carboxylic acids is 2. The maximum atomic E-state index is 11.9. The summed E-state index contributed by atoms with van der Waals surface area (Å²) in [6.45, 7) is 12.1. The van der Waals surface area contributed by atoms with Crippen molar-refractivity contribution in [3.63, 3.8) is 0 Å². The average Bonchev–Trinajstić information content (AvgIpc) is 2.41. The summed E-state index contributed by atoms with van der Waals surface area (Å²) in [5.74, 6) is -0.208. The molecule has 5 nitrogen and oxygen atoms in total. The first kappa shape index (κ1) is 13.4. The molecule has 0 aliphatic carbocycles. The summed E-state index contributed by atoms with van der Waals surface area (Å²) in [6, 6.07) is -0.349. The zero-order valence-corrected chi connectivity index (χ0v) is 10.4. The molecule has 1 saturated heterocycles. The monoisotopic (exact) mass is 237 g/mol. The Morgan fingerprint density at radius 2 is 1.82 bits per heavy atom. The lowest BCUT2D eigenvalue weighted by Crippen LogP contribution is -2.43. The third-order valence-corrected chi connectivity index (χ3v) is 2.56. The van der Waals surface area contributed by atoms with Gasteiger partial charge in [-0.3, -0.25) is 9.69 Å². The lowest BCUT2D eigenvalue weighted by molar-refractivity contribution is -0.131. The van der Waals surface area contributed by atoms with E-state index in [0.717, 1.165) is 0 Å². The first-order valence-electron chi connectivity index (χ1n) is 5.50. The summed E-state index contributed by atoms with van der Waals surface area (Å²) in [6.07, 6.45) is 3.46. The van der Waals surface area contributed by atoms with Crippen LogP contribution in [0.25, 0.3) is 0 Å². The number of rotatable bonds is 6. The van der Waals surface area contributed by atoms with E-state index in [1.165, 1.54) is 4.90 Å². The second-order valence-electron chi connectivity index (χ2n) is 4.54. The number of hydrogen-bond donors (Lipinski definition) is 1. The van der Waals surface area contributed by atoms with Gasteiger partial charge in [-0.05, 0) is 13.8 Å². The van der Waals surface area contributed by atoms with Crippen molar-refractivity contribution in [1.29, 1.82) is 0 Å². The van der Waals surface area contributed by atoms with Crippen LogP contribution >= 0.6 is 0 Å². The van der Waals surface area contributed by atoms with E-state index in [2.05, 4.69) is 18.5 Å². The fraction of sp³-hybridized carbons (Fsp3) is 0.500. The smallest absolute Gasteiger partial charge is 0.324 e. The molecule has 1 rings (SSSR count). The molecule has 1 fully saturated rings. The summed E-state index contributed by atoms with van der Waals surface area (Å²) in [4.78, 5) is 26.7. The van der Waals surface area contributed by atoms with Crippen molar-refractivity contribution in [3.8, 4) is 0 Å². The second kappa shape index (κ2) is 5.14. The first-order chi connectivity index (χ1) is 7.92. The quantitative estimate of drug-likeness (QED) is 0.552. The average molecular weight is 237 g/mol. The van der Waals surface area contributed by atoms with Gasteiger partial charge in [-0.15, -0.1) is 13.2 Å². The van der Waals surface area contributed by atoms with Crippen molar-refractivity contribution in [3.05, 3.63) is 25.3 Å². The van der Waals surface area contributed by atoms with Gasteiger partial charge < -0.3 is 5.32 Å². The maximum Gasteiger partial charge on any atom is 0.326 e. The van der Waals surface area contributed by atoms with E-state index in [1.807, 2.05) is 4.90 Å².